The fourth-order valence-electron chi connectivity index (χ4n) is 3.98. The highest BCUT2D eigenvalue weighted by molar-refractivity contribution is 6.01. The summed E-state index contributed by atoms with van der Waals surface area (Å²) in [6.45, 7) is 4.60. The van der Waals surface area contributed by atoms with E-state index in [4.69, 9.17) is 4.74 Å². The van der Waals surface area contributed by atoms with Crippen LogP contribution < -0.4 is 15.0 Å². The molecule has 0 radical (unpaired) electrons. The number of rotatable bonds is 10. The van der Waals surface area contributed by atoms with Gasteiger partial charge in [-0.3, -0.25) is 19.5 Å². The van der Waals surface area contributed by atoms with Gasteiger partial charge in [-0.15, -0.1) is 5.10 Å². The Labute approximate surface area is 210 Å². The van der Waals surface area contributed by atoms with Crippen molar-refractivity contribution < 1.29 is 14.3 Å². The van der Waals surface area contributed by atoms with Crippen molar-refractivity contribution in [1.29, 1.82) is 0 Å². The van der Waals surface area contributed by atoms with Gasteiger partial charge in [-0.1, -0.05) is 37.3 Å². The summed E-state index contributed by atoms with van der Waals surface area (Å²) in [5.41, 5.74) is 2.60. The van der Waals surface area contributed by atoms with Crippen molar-refractivity contribution in [2.75, 3.05) is 18.6 Å². The lowest BCUT2D eigenvalue weighted by molar-refractivity contribution is -0.127. The van der Waals surface area contributed by atoms with Crippen LogP contribution in [0.2, 0.25) is 0 Å². The maximum absolute atomic E-state index is 14.0. The number of aromatic nitrogens is 4. The summed E-state index contributed by atoms with van der Waals surface area (Å²) in [5, 5.41) is 11.4. The second-order valence-corrected chi connectivity index (χ2v) is 8.86. The average Bonchev–Trinajstić information content (AvgIpc) is 3.30. The maximum Gasteiger partial charge on any atom is 0.249 e. The summed E-state index contributed by atoms with van der Waals surface area (Å²) in [7, 11) is 1.56. The first-order valence-electron chi connectivity index (χ1n) is 11.9. The number of amides is 2. The number of carbonyl (C=O) groups is 2. The number of benzene rings is 2. The average molecular weight is 487 g/mol. The van der Waals surface area contributed by atoms with Gasteiger partial charge in [0.1, 0.15) is 23.9 Å². The highest BCUT2D eigenvalue weighted by Gasteiger charge is 2.33. The molecule has 1 unspecified atom stereocenters. The lowest BCUT2D eigenvalue weighted by Gasteiger charge is -2.31. The Morgan fingerprint density at radius 2 is 1.83 bits per heavy atom. The number of hydrogen-bond donors (Lipinski definition) is 1. The molecular weight excluding hydrogens is 456 g/mol. The van der Waals surface area contributed by atoms with E-state index in [1.165, 1.54) is 4.90 Å². The van der Waals surface area contributed by atoms with E-state index in [1.807, 2.05) is 24.3 Å². The molecule has 0 spiro atoms. The van der Waals surface area contributed by atoms with Crippen LogP contribution in [0.1, 0.15) is 31.9 Å². The molecule has 0 fully saturated rings. The SMILES string of the molecule is COc1cccc(N(C(=O)Cn2nnc3ccccc32)C(C(=O)NCCC(C)C)c2ccncc2)c1. The topological polar surface area (TPSA) is 102 Å². The molecular formula is C27H30N6O3. The molecule has 4 rings (SSSR count). The first-order chi connectivity index (χ1) is 17.5. The number of fused-ring (bicyclic) bond motifs is 1. The first kappa shape index (κ1) is 24.8. The van der Waals surface area contributed by atoms with Crippen LogP contribution in [0.5, 0.6) is 5.75 Å². The molecule has 0 aliphatic carbocycles. The number of nitrogens with zero attached hydrogens (tertiary/aromatic N) is 5. The minimum Gasteiger partial charge on any atom is -0.497 e. The van der Waals surface area contributed by atoms with Crippen molar-refractivity contribution in [2.45, 2.75) is 32.9 Å². The van der Waals surface area contributed by atoms with Gasteiger partial charge in [0, 0.05) is 30.7 Å². The monoisotopic (exact) mass is 486 g/mol. The number of carbonyl (C=O) groups excluding carboxylic acids is 2. The van der Waals surface area contributed by atoms with Crippen molar-refractivity contribution in [3.05, 3.63) is 78.6 Å². The van der Waals surface area contributed by atoms with Crippen molar-refractivity contribution >= 4 is 28.5 Å². The predicted molar refractivity (Wildman–Crippen MR) is 137 cm³/mol. The third kappa shape index (κ3) is 5.68. The normalized spacial score (nSPS) is 11.9. The van der Waals surface area contributed by atoms with E-state index in [0.29, 0.717) is 35.0 Å². The molecule has 0 saturated heterocycles. The van der Waals surface area contributed by atoms with Gasteiger partial charge >= 0.3 is 0 Å². The second kappa shape index (κ2) is 11.4. The zero-order valence-electron chi connectivity index (χ0n) is 20.7. The number of hydrogen-bond acceptors (Lipinski definition) is 6. The van der Waals surface area contributed by atoms with Crippen LogP contribution in [-0.4, -0.2) is 45.4 Å². The second-order valence-electron chi connectivity index (χ2n) is 8.86. The molecule has 1 N–H and O–H groups in total. The molecule has 0 bridgehead atoms. The molecule has 2 aromatic carbocycles. The first-order valence-corrected chi connectivity index (χ1v) is 11.9. The smallest absolute Gasteiger partial charge is 0.249 e. The lowest BCUT2D eigenvalue weighted by atomic mass is 10.0. The third-order valence-electron chi connectivity index (χ3n) is 5.85. The van der Waals surface area contributed by atoms with Gasteiger partial charge in [-0.2, -0.15) is 0 Å². The van der Waals surface area contributed by atoms with E-state index in [0.717, 1.165) is 11.9 Å². The summed E-state index contributed by atoms with van der Waals surface area (Å²) in [4.78, 5) is 33.2. The van der Waals surface area contributed by atoms with Crippen molar-refractivity contribution in [3.63, 3.8) is 0 Å². The standard InChI is InChI=1S/C27H30N6O3/c1-19(2)11-16-29-27(35)26(20-12-14-28-15-13-20)33(21-7-6-8-22(17-21)36-3)25(34)18-32-24-10-5-4-9-23(24)30-31-32/h4-10,12-15,17,19,26H,11,16,18H2,1-3H3,(H,29,35). The molecule has 0 aliphatic heterocycles. The van der Waals surface area contributed by atoms with Gasteiger partial charge in [0.05, 0.1) is 12.6 Å². The molecule has 2 heterocycles. The van der Waals surface area contributed by atoms with Crippen LogP contribution in [0, 0.1) is 5.92 Å². The van der Waals surface area contributed by atoms with Crippen LogP contribution in [0.4, 0.5) is 5.69 Å². The van der Waals surface area contributed by atoms with Gasteiger partial charge in [-0.25, -0.2) is 4.68 Å². The number of pyridine rings is 1. The summed E-state index contributed by atoms with van der Waals surface area (Å²) in [5.74, 6) is 0.410. The zero-order chi connectivity index (χ0) is 25.5. The summed E-state index contributed by atoms with van der Waals surface area (Å²) in [6, 6.07) is 17.1. The minimum absolute atomic E-state index is 0.0986. The lowest BCUT2D eigenvalue weighted by Crippen LogP contribution is -2.45. The van der Waals surface area contributed by atoms with E-state index in [2.05, 4.69) is 34.5 Å². The van der Waals surface area contributed by atoms with E-state index in [9.17, 15) is 9.59 Å². The van der Waals surface area contributed by atoms with Crippen LogP contribution in [0.15, 0.2) is 73.1 Å². The Balaban J connectivity index is 1.76. The molecule has 0 saturated carbocycles. The summed E-state index contributed by atoms with van der Waals surface area (Å²) < 4.78 is 6.96. The Morgan fingerprint density at radius 3 is 2.58 bits per heavy atom. The van der Waals surface area contributed by atoms with Crippen LogP contribution in [0.3, 0.4) is 0 Å². The highest BCUT2D eigenvalue weighted by Crippen LogP contribution is 2.31. The Bertz CT molecular complexity index is 1320. The Kier molecular flexibility index (Phi) is 7.89. The van der Waals surface area contributed by atoms with Gasteiger partial charge in [0.25, 0.3) is 0 Å². The van der Waals surface area contributed by atoms with E-state index in [1.54, 1.807) is 60.6 Å². The molecule has 0 aliphatic rings. The van der Waals surface area contributed by atoms with Gasteiger partial charge < -0.3 is 10.1 Å². The molecule has 2 amide bonds. The Hall–Kier alpha value is -4.27. The van der Waals surface area contributed by atoms with E-state index in [-0.39, 0.29) is 18.4 Å². The molecule has 36 heavy (non-hydrogen) atoms. The van der Waals surface area contributed by atoms with Crippen molar-refractivity contribution in [3.8, 4) is 5.75 Å². The van der Waals surface area contributed by atoms with Crippen molar-refractivity contribution in [2.24, 2.45) is 5.92 Å². The fraction of sp³-hybridized carbons (Fsp3) is 0.296. The molecule has 186 valence electrons. The minimum atomic E-state index is -0.922. The maximum atomic E-state index is 14.0. The van der Waals surface area contributed by atoms with Gasteiger partial charge in [-0.05, 0) is 54.3 Å². The molecule has 9 nitrogen and oxygen atoms in total. The predicted octanol–water partition coefficient (Wildman–Crippen LogP) is 3.77. The Morgan fingerprint density at radius 1 is 1.06 bits per heavy atom. The van der Waals surface area contributed by atoms with E-state index < -0.39 is 6.04 Å². The number of nitrogens with one attached hydrogen (secondary N) is 1. The fourth-order valence-corrected chi connectivity index (χ4v) is 3.98. The van der Waals surface area contributed by atoms with Crippen LogP contribution >= 0.6 is 0 Å². The molecule has 1 atom stereocenters. The number of anilines is 1. The summed E-state index contributed by atoms with van der Waals surface area (Å²) in [6.07, 6.45) is 4.05. The van der Waals surface area contributed by atoms with Crippen molar-refractivity contribution in [1.82, 2.24) is 25.3 Å². The number of ether oxygens (including phenoxy) is 1. The number of para-hydroxylation sites is 1. The van der Waals surface area contributed by atoms with Crippen LogP contribution in [0.25, 0.3) is 11.0 Å². The quantitative estimate of drug-likeness (QED) is 0.366. The van der Waals surface area contributed by atoms with Crippen LogP contribution in [-0.2, 0) is 16.1 Å². The molecule has 9 heteroatoms. The molecule has 2 aromatic heterocycles. The highest BCUT2D eigenvalue weighted by atomic mass is 16.5. The molecule has 4 aromatic rings. The largest absolute Gasteiger partial charge is 0.497 e. The van der Waals surface area contributed by atoms with Gasteiger partial charge in [0.2, 0.25) is 11.8 Å². The third-order valence-corrected chi connectivity index (χ3v) is 5.85. The van der Waals surface area contributed by atoms with E-state index >= 15 is 0 Å². The van der Waals surface area contributed by atoms with Gasteiger partial charge in [0.15, 0.2) is 0 Å². The zero-order valence-corrected chi connectivity index (χ0v) is 20.7. The number of methoxy groups -OCH3 is 1. The summed E-state index contributed by atoms with van der Waals surface area (Å²) >= 11 is 0.